The van der Waals surface area contributed by atoms with Crippen LogP contribution in [-0.2, 0) is 40.3 Å². The molecule has 12 N–H and O–H groups in total. The first-order chi connectivity index (χ1) is 43.4. The molecule has 30 nitrogen and oxygen atoms in total. The number of hydrogen-bond donors (Lipinski definition) is 10. The van der Waals surface area contributed by atoms with Gasteiger partial charge in [0.2, 0.25) is 20.0 Å². The normalized spacial score (nSPS) is 12.2. The Kier molecular flexibility index (Phi) is 21.0. The molecule has 0 aliphatic heterocycles. The number of nitrogens with two attached hydrogens (primary N) is 2. The molecule has 0 aromatic heterocycles. The fourth-order valence-electron chi connectivity index (χ4n) is 9.04. The molecule has 10 aromatic carbocycles. The Labute approximate surface area is 575 Å². The maximum atomic E-state index is 13.0. The van der Waals surface area contributed by atoms with Crippen LogP contribution in [0.1, 0.15) is 20.7 Å². The molecule has 0 saturated heterocycles. The number of primary sulfonamides is 2. The minimum Gasteiger partial charge on any atom is -0.744 e. The van der Waals surface area contributed by atoms with Gasteiger partial charge in [0.1, 0.15) is 77.2 Å². The molecule has 0 bridgehead atoms. The summed E-state index contributed by atoms with van der Waals surface area (Å²) < 4.78 is 126. The molecule has 10 aromatic rings. The van der Waals surface area contributed by atoms with Gasteiger partial charge >= 0.3 is 71.1 Å². The number of phenolic OH excluding ortho intramolecular Hbond substituents is 4. The number of carboxylic acid groups (broad SMARTS) is 2. The fourth-order valence-corrected chi connectivity index (χ4v) is 11.4. The van der Waals surface area contributed by atoms with Crippen LogP contribution in [0.15, 0.2) is 230 Å². The van der Waals surface area contributed by atoms with E-state index in [0.29, 0.717) is 11.4 Å². The zero-order valence-corrected chi connectivity index (χ0v) is 55.4. The Hall–Kier alpha value is -9.50. The number of sulfonamides is 2. The minimum atomic E-state index is -5.63. The number of nitrogens with zero attached hydrogens (tertiary/aromatic N) is 8. The first kappa shape index (κ1) is 70.4. The summed E-state index contributed by atoms with van der Waals surface area (Å²) in [5, 5.41) is 113. The zero-order valence-electron chi connectivity index (χ0n) is 48.1. The standard InChI is InChI=1S/C58H42N12O18S4.2Na/c59-89(79,80)33-13-21-47(71)45(25-33)65-67-51-37-27-49(91(83,84)85)53(55(73)35(37)15-19-43(51)61-31-7-3-1-4-8-31)69-63-41-17-11-29(23-39(41)57(75)76)30-12-18-42(40(24-30)58(77)78)64-70-54-50(92(86,87)88)28-38-36(56(54)74)16-20-44(62-32-9-5-2-6-10-32)52(38)68-66-46-26-34(90(60,81)82)14-22-48(46)72;;/h1-28,61-62,71-74H,(H,75,76)(H,77,78)(H2,59,79,80)(H2,60,81,82)(H,83,84,85)(H,86,87,88);;/q;2*+1/p-2. The molecule has 0 saturated carbocycles. The average molecular weight is 1370 g/mol. The van der Waals surface area contributed by atoms with Gasteiger partial charge in [-0.05, 0) is 132 Å². The Morgan fingerprint density at radius 2 is 0.723 bits per heavy atom. The number of phenols is 4. The Bertz CT molecular complexity index is 5040. The van der Waals surface area contributed by atoms with Gasteiger partial charge in [-0.25, -0.2) is 53.5 Å². The van der Waals surface area contributed by atoms with Gasteiger partial charge < -0.3 is 50.4 Å². The average Bonchev–Trinajstić information content (AvgIpc) is 0.760. The second-order valence-corrected chi connectivity index (χ2v) is 25.2. The number of aromatic carboxylic acids is 2. The van der Waals surface area contributed by atoms with Gasteiger partial charge in [0.05, 0.1) is 42.1 Å². The third kappa shape index (κ3) is 15.4. The van der Waals surface area contributed by atoms with Crippen LogP contribution in [-0.4, -0.2) is 85.4 Å². The van der Waals surface area contributed by atoms with E-state index in [0.717, 1.165) is 72.8 Å². The van der Waals surface area contributed by atoms with Gasteiger partial charge in [-0.3, -0.25) is 0 Å². The van der Waals surface area contributed by atoms with E-state index in [9.17, 15) is 83.0 Å². The van der Waals surface area contributed by atoms with E-state index in [1.807, 2.05) is 0 Å². The monoisotopic (exact) mass is 1370 g/mol. The molecule has 0 spiro atoms. The molecule has 0 fully saturated rings. The Balaban J connectivity index is 0.00000567. The van der Waals surface area contributed by atoms with Gasteiger partial charge in [-0.1, -0.05) is 48.5 Å². The van der Waals surface area contributed by atoms with Crippen molar-refractivity contribution in [3.8, 4) is 34.1 Å². The number of azo groups is 4. The predicted octanol–water partition coefficient (Wildman–Crippen LogP) is 6.14. The molecule has 36 heteroatoms. The van der Waals surface area contributed by atoms with Crippen LogP contribution in [0.25, 0.3) is 32.7 Å². The van der Waals surface area contributed by atoms with E-state index in [2.05, 4.69) is 51.5 Å². The third-order valence-electron chi connectivity index (χ3n) is 13.4. The van der Waals surface area contributed by atoms with Gasteiger partial charge in [0.15, 0.2) is 11.5 Å². The summed E-state index contributed by atoms with van der Waals surface area (Å²) in [5.74, 6) is -6.40. The SMILES string of the molecule is NS(=O)(=O)c1ccc(O)c(N=Nc2c(Nc3ccccc3)ccc3c(O)c(N=Nc4ccc(-c5ccc(N=Nc6c(S(=O)(=O)[O-])cc7c(N=Nc8cc(S(N)(=O)=O)ccc8O)c(Nc8ccccc8)ccc7c6O)c(C(=O)O)c5)cc4C(=O)O)c(S(=O)(=O)[O-])cc23)c1.[Na+].[Na+]. The minimum absolute atomic E-state index is 0. The summed E-state index contributed by atoms with van der Waals surface area (Å²) >= 11 is 0. The molecule has 0 atom stereocenters. The molecule has 0 aliphatic carbocycles. The molecular weight excluding hydrogens is 1330 g/mol. The molecule has 466 valence electrons. The van der Waals surface area contributed by atoms with E-state index in [1.165, 1.54) is 36.4 Å². The Morgan fingerprint density at radius 1 is 0.383 bits per heavy atom. The number of benzene rings is 10. The zero-order chi connectivity index (χ0) is 66.2. The number of hydrogen-bond acceptors (Lipinski definition) is 26. The molecular formula is C58H40N12Na2O18S4. The first-order valence-corrected chi connectivity index (χ1v) is 31.7. The summed E-state index contributed by atoms with van der Waals surface area (Å²) in [5.41, 5.74) is -4.48. The van der Waals surface area contributed by atoms with E-state index in [4.69, 9.17) is 10.3 Å². The molecule has 0 radical (unpaired) electrons. The molecule has 0 amide bonds. The van der Waals surface area contributed by atoms with Crippen molar-refractivity contribution in [2.24, 2.45) is 51.2 Å². The molecule has 0 aliphatic rings. The number of rotatable bonds is 19. The van der Waals surface area contributed by atoms with Crippen LogP contribution in [0.2, 0.25) is 0 Å². The van der Waals surface area contributed by atoms with Crippen molar-refractivity contribution in [2.75, 3.05) is 10.6 Å². The number of carbonyl (C=O) groups is 2. The second kappa shape index (κ2) is 28.0. The van der Waals surface area contributed by atoms with Crippen LogP contribution in [0, 0.1) is 0 Å². The van der Waals surface area contributed by atoms with Crippen molar-refractivity contribution in [1.29, 1.82) is 0 Å². The van der Waals surface area contributed by atoms with Crippen molar-refractivity contribution in [2.45, 2.75) is 19.6 Å². The summed E-state index contributed by atoms with van der Waals surface area (Å²) in [6.45, 7) is 0. The van der Waals surface area contributed by atoms with E-state index in [-0.39, 0.29) is 115 Å². The molecule has 0 heterocycles. The number of carboxylic acids is 2. The smallest absolute Gasteiger partial charge is 0.744 e. The van der Waals surface area contributed by atoms with Gasteiger partial charge in [-0.15, -0.1) is 40.9 Å². The van der Waals surface area contributed by atoms with Crippen LogP contribution >= 0.6 is 0 Å². The topological polar surface area (TPSA) is 513 Å². The van der Waals surface area contributed by atoms with Crippen molar-refractivity contribution < 1.29 is 142 Å². The maximum absolute atomic E-state index is 13.0. The third-order valence-corrected chi connectivity index (χ3v) is 16.9. The van der Waals surface area contributed by atoms with Crippen LogP contribution in [0.4, 0.5) is 68.2 Å². The molecule has 94 heavy (non-hydrogen) atoms. The number of fused-ring (bicyclic) bond motifs is 2. The second-order valence-electron chi connectivity index (χ2n) is 19.4. The summed E-state index contributed by atoms with van der Waals surface area (Å²) in [4.78, 5) is 22.3. The van der Waals surface area contributed by atoms with Crippen molar-refractivity contribution in [1.82, 2.24) is 0 Å². The molecule has 0 unspecified atom stereocenters. The van der Waals surface area contributed by atoms with E-state index >= 15 is 0 Å². The van der Waals surface area contributed by atoms with Gasteiger partial charge in [-0.2, -0.15) is 0 Å². The number of para-hydroxylation sites is 2. The quantitative estimate of drug-likeness (QED) is 0.0247. The predicted molar refractivity (Wildman–Crippen MR) is 328 cm³/mol. The summed E-state index contributed by atoms with van der Waals surface area (Å²) in [6, 6.07) is 35.9. The van der Waals surface area contributed by atoms with E-state index < -0.39 is 140 Å². The van der Waals surface area contributed by atoms with Crippen molar-refractivity contribution in [3.05, 3.63) is 181 Å². The van der Waals surface area contributed by atoms with Crippen LogP contribution < -0.4 is 80.0 Å². The number of nitrogens with one attached hydrogen (secondary N) is 2. The summed E-state index contributed by atoms with van der Waals surface area (Å²) in [7, 11) is -19.9. The fraction of sp³-hybridized carbons (Fsp3) is 0. The number of anilines is 4. The summed E-state index contributed by atoms with van der Waals surface area (Å²) in [6.07, 6.45) is 0. The largest absolute Gasteiger partial charge is 1.00 e. The number of aromatic hydroxyl groups is 4. The maximum Gasteiger partial charge on any atom is 1.00 e. The van der Waals surface area contributed by atoms with Gasteiger partial charge in [0, 0.05) is 32.9 Å². The van der Waals surface area contributed by atoms with Crippen molar-refractivity contribution in [3.63, 3.8) is 0 Å². The van der Waals surface area contributed by atoms with Crippen LogP contribution in [0.5, 0.6) is 23.0 Å². The van der Waals surface area contributed by atoms with Gasteiger partial charge in [0.25, 0.3) is 0 Å². The molecule has 10 rings (SSSR count). The first-order valence-electron chi connectivity index (χ1n) is 25.8. The van der Waals surface area contributed by atoms with E-state index in [1.54, 1.807) is 60.7 Å². The van der Waals surface area contributed by atoms with Crippen molar-refractivity contribution >= 4 is 142 Å². The Morgan fingerprint density at radius 3 is 1.05 bits per heavy atom. The van der Waals surface area contributed by atoms with Crippen LogP contribution in [0.3, 0.4) is 0 Å².